The van der Waals surface area contributed by atoms with E-state index in [0.717, 1.165) is 15.6 Å². The Morgan fingerprint density at radius 2 is 2.00 bits per heavy atom. The van der Waals surface area contributed by atoms with Crippen molar-refractivity contribution in [2.45, 2.75) is 13.5 Å². The van der Waals surface area contributed by atoms with E-state index >= 15 is 0 Å². The van der Waals surface area contributed by atoms with Crippen molar-refractivity contribution in [3.63, 3.8) is 0 Å². The second-order valence-electron chi connectivity index (χ2n) is 4.81. The van der Waals surface area contributed by atoms with E-state index in [1.807, 2.05) is 43.3 Å². The summed E-state index contributed by atoms with van der Waals surface area (Å²) in [5.41, 5.74) is 2.68. The SMILES string of the molecule is Cc1cc(Cl)cc(C(=O)N(C)Cc2cccc(Br)c2)c1. The Bertz CT molecular complexity index is 622. The maximum Gasteiger partial charge on any atom is 0.253 e. The second-order valence-corrected chi connectivity index (χ2v) is 6.16. The van der Waals surface area contributed by atoms with E-state index < -0.39 is 0 Å². The summed E-state index contributed by atoms with van der Waals surface area (Å²) in [6, 6.07) is 13.3. The molecule has 4 heteroatoms. The predicted molar refractivity (Wildman–Crippen MR) is 86.1 cm³/mol. The molecular weight excluding hydrogens is 338 g/mol. The van der Waals surface area contributed by atoms with E-state index in [0.29, 0.717) is 17.1 Å². The fraction of sp³-hybridized carbons (Fsp3) is 0.188. The van der Waals surface area contributed by atoms with Gasteiger partial charge < -0.3 is 4.90 Å². The molecule has 0 aliphatic carbocycles. The fourth-order valence-corrected chi connectivity index (χ4v) is 2.80. The molecule has 2 nitrogen and oxygen atoms in total. The zero-order valence-electron chi connectivity index (χ0n) is 11.4. The van der Waals surface area contributed by atoms with Crippen LogP contribution in [0.3, 0.4) is 0 Å². The number of carbonyl (C=O) groups is 1. The fourth-order valence-electron chi connectivity index (χ4n) is 2.06. The first-order valence-corrected chi connectivity index (χ1v) is 7.40. The van der Waals surface area contributed by atoms with Gasteiger partial charge in [0.2, 0.25) is 0 Å². The largest absolute Gasteiger partial charge is 0.337 e. The maximum atomic E-state index is 12.4. The van der Waals surface area contributed by atoms with Crippen LogP contribution in [0.2, 0.25) is 5.02 Å². The Hall–Kier alpha value is -1.32. The van der Waals surface area contributed by atoms with E-state index in [-0.39, 0.29) is 5.91 Å². The van der Waals surface area contributed by atoms with E-state index in [9.17, 15) is 4.79 Å². The first kappa shape index (κ1) is 15.1. The van der Waals surface area contributed by atoms with Crippen molar-refractivity contribution in [3.8, 4) is 0 Å². The molecule has 0 bridgehead atoms. The summed E-state index contributed by atoms with van der Waals surface area (Å²) in [6.07, 6.45) is 0. The molecule has 104 valence electrons. The van der Waals surface area contributed by atoms with Gasteiger partial charge in [0, 0.05) is 28.7 Å². The molecule has 0 heterocycles. The average Bonchev–Trinajstić information content (AvgIpc) is 2.36. The predicted octanol–water partition coefficient (Wildman–Crippen LogP) is 4.68. The van der Waals surface area contributed by atoms with Crippen molar-refractivity contribution in [3.05, 3.63) is 68.7 Å². The van der Waals surface area contributed by atoms with Gasteiger partial charge in [0.15, 0.2) is 0 Å². The number of carbonyl (C=O) groups excluding carboxylic acids is 1. The lowest BCUT2D eigenvalue weighted by Gasteiger charge is -2.18. The van der Waals surface area contributed by atoms with Crippen LogP contribution < -0.4 is 0 Å². The van der Waals surface area contributed by atoms with Crippen molar-refractivity contribution in [2.75, 3.05) is 7.05 Å². The minimum atomic E-state index is -0.0319. The molecule has 0 N–H and O–H groups in total. The zero-order valence-corrected chi connectivity index (χ0v) is 13.7. The van der Waals surface area contributed by atoms with Crippen LogP contribution in [0.15, 0.2) is 46.9 Å². The first-order chi connectivity index (χ1) is 9.45. The highest BCUT2D eigenvalue weighted by molar-refractivity contribution is 9.10. The summed E-state index contributed by atoms with van der Waals surface area (Å²) in [7, 11) is 1.79. The summed E-state index contributed by atoms with van der Waals surface area (Å²) >= 11 is 9.44. The minimum absolute atomic E-state index is 0.0319. The Morgan fingerprint density at radius 1 is 1.25 bits per heavy atom. The summed E-state index contributed by atoms with van der Waals surface area (Å²) in [5.74, 6) is -0.0319. The van der Waals surface area contributed by atoms with E-state index in [2.05, 4.69) is 15.9 Å². The third kappa shape index (κ3) is 3.84. The summed E-state index contributed by atoms with van der Waals surface area (Å²) in [4.78, 5) is 14.1. The van der Waals surface area contributed by atoms with Crippen LogP contribution >= 0.6 is 27.5 Å². The monoisotopic (exact) mass is 351 g/mol. The van der Waals surface area contributed by atoms with Gasteiger partial charge in [-0.25, -0.2) is 0 Å². The van der Waals surface area contributed by atoms with Crippen LogP contribution in [0.25, 0.3) is 0 Å². The highest BCUT2D eigenvalue weighted by atomic mass is 79.9. The van der Waals surface area contributed by atoms with Gasteiger partial charge in [0.1, 0.15) is 0 Å². The molecule has 2 aromatic rings. The molecule has 0 aliphatic rings. The smallest absolute Gasteiger partial charge is 0.253 e. The molecular formula is C16H15BrClNO. The van der Waals surface area contributed by atoms with Crippen molar-refractivity contribution >= 4 is 33.4 Å². The molecule has 0 saturated carbocycles. The van der Waals surface area contributed by atoms with Crippen LogP contribution in [-0.2, 0) is 6.54 Å². The van der Waals surface area contributed by atoms with Gasteiger partial charge in [-0.15, -0.1) is 0 Å². The van der Waals surface area contributed by atoms with Crippen LogP contribution in [0.1, 0.15) is 21.5 Å². The highest BCUT2D eigenvalue weighted by Gasteiger charge is 2.13. The second kappa shape index (κ2) is 6.42. The van der Waals surface area contributed by atoms with Gasteiger partial charge in [-0.3, -0.25) is 4.79 Å². The van der Waals surface area contributed by atoms with Gasteiger partial charge in [0.25, 0.3) is 5.91 Å². The lowest BCUT2D eigenvalue weighted by molar-refractivity contribution is 0.0785. The Labute approximate surface area is 132 Å². The Kier molecular flexibility index (Phi) is 4.84. The zero-order chi connectivity index (χ0) is 14.7. The van der Waals surface area contributed by atoms with Crippen LogP contribution in [-0.4, -0.2) is 17.9 Å². The van der Waals surface area contributed by atoms with Gasteiger partial charge in [-0.2, -0.15) is 0 Å². The quantitative estimate of drug-likeness (QED) is 0.785. The van der Waals surface area contributed by atoms with Crippen molar-refractivity contribution < 1.29 is 4.79 Å². The molecule has 1 amide bonds. The number of amides is 1. The number of rotatable bonds is 3. The third-order valence-corrected chi connectivity index (χ3v) is 3.66. The van der Waals surface area contributed by atoms with Crippen molar-refractivity contribution in [2.24, 2.45) is 0 Å². The minimum Gasteiger partial charge on any atom is -0.337 e. The molecule has 20 heavy (non-hydrogen) atoms. The van der Waals surface area contributed by atoms with Crippen LogP contribution in [0.4, 0.5) is 0 Å². The van der Waals surface area contributed by atoms with Gasteiger partial charge in [-0.1, -0.05) is 39.7 Å². The number of hydrogen-bond acceptors (Lipinski definition) is 1. The first-order valence-electron chi connectivity index (χ1n) is 6.23. The van der Waals surface area contributed by atoms with Gasteiger partial charge in [-0.05, 0) is 48.4 Å². The molecule has 0 spiro atoms. The number of halogens is 2. The van der Waals surface area contributed by atoms with Crippen LogP contribution in [0.5, 0.6) is 0 Å². The molecule has 0 unspecified atom stereocenters. The molecule has 2 aromatic carbocycles. The molecule has 0 fully saturated rings. The molecule has 0 aromatic heterocycles. The molecule has 0 atom stereocenters. The molecule has 0 aliphatic heterocycles. The van der Waals surface area contributed by atoms with E-state index in [1.54, 1.807) is 18.0 Å². The van der Waals surface area contributed by atoms with Gasteiger partial charge >= 0.3 is 0 Å². The van der Waals surface area contributed by atoms with E-state index in [4.69, 9.17) is 11.6 Å². The Balaban J connectivity index is 2.16. The highest BCUT2D eigenvalue weighted by Crippen LogP contribution is 2.18. The third-order valence-electron chi connectivity index (χ3n) is 2.94. The molecule has 0 radical (unpaired) electrons. The van der Waals surface area contributed by atoms with Gasteiger partial charge in [0.05, 0.1) is 0 Å². The number of hydrogen-bond donors (Lipinski definition) is 0. The van der Waals surface area contributed by atoms with Crippen molar-refractivity contribution in [1.29, 1.82) is 0 Å². The number of aryl methyl sites for hydroxylation is 1. The number of benzene rings is 2. The normalized spacial score (nSPS) is 10.4. The van der Waals surface area contributed by atoms with Crippen molar-refractivity contribution in [1.82, 2.24) is 4.90 Å². The summed E-state index contributed by atoms with van der Waals surface area (Å²) in [5, 5.41) is 0.587. The Morgan fingerprint density at radius 3 is 2.65 bits per heavy atom. The molecule has 0 saturated heterocycles. The average molecular weight is 353 g/mol. The lowest BCUT2D eigenvalue weighted by atomic mass is 10.1. The molecule has 2 rings (SSSR count). The summed E-state index contributed by atoms with van der Waals surface area (Å²) < 4.78 is 1.01. The number of nitrogens with zero attached hydrogens (tertiary/aromatic N) is 1. The van der Waals surface area contributed by atoms with E-state index in [1.165, 1.54) is 0 Å². The summed E-state index contributed by atoms with van der Waals surface area (Å²) in [6.45, 7) is 2.49. The standard InChI is InChI=1S/C16H15BrClNO/c1-11-6-13(9-15(18)7-11)16(20)19(2)10-12-4-3-5-14(17)8-12/h3-9H,10H2,1-2H3. The van der Waals surface area contributed by atoms with Crippen LogP contribution in [0, 0.1) is 6.92 Å². The lowest BCUT2D eigenvalue weighted by Crippen LogP contribution is -2.26. The topological polar surface area (TPSA) is 20.3 Å². The maximum absolute atomic E-state index is 12.4.